The first kappa shape index (κ1) is 27.0. The molecule has 0 spiro atoms. The number of rotatable bonds is 9. The normalized spacial score (nSPS) is 42.2. The van der Waals surface area contributed by atoms with Crippen molar-refractivity contribution in [2.75, 3.05) is 13.2 Å². The third-order valence-corrected chi connectivity index (χ3v) is 11.6. The second kappa shape index (κ2) is 11.6. The third-order valence-electron chi connectivity index (χ3n) is 11.6. The molecule has 8 unspecified atom stereocenters. The highest BCUT2D eigenvalue weighted by Crippen LogP contribution is 2.66. The van der Waals surface area contributed by atoms with Crippen LogP contribution in [0.4, 0.5) is 0 Å². The van der Waals surface area contributed by atoms with Gasteiger partial charge < -0.3 is 4.74 Å². The maximum Gasteiger partial charge on any atom is 0.0519 e. The monoisotopic (exact) mass is 478 g/mol. The minimum absolute atomic E-state index is 0.434. The summed E-state index contributed by atoms with van der Waals surface area (Å²) in [6.45, 7) is 13.7. The van der Waals surface area contributed by atoms with E-state index in [0.717, 1.165) is 60.2 Å². The van der Waals surface area contributed by atoms with Crippen molar-refractivity contribution >= 4 is 0 Å². The van der Waals surface area contributed by atoms with E-state index in [1.54, 1.807) is 0 Å². The molecule has 0 heterocycles. The van der Waals surface area contributed by atoms with Crippen LogP contribution in [0.1, 0.15) is 112 Å². The van der Waals surface area contributed by atoms with Crippen LogP contribution in [0.15, 0.2) is 23.8 Å². The van der Waals surface area contributed by atoms with Crippen LogP contribution in [0, 0.1) is 64.6 Å². The molecule has 1 heteroatoms. The molecule has 1 nitrogen and oxygen atoms in total. The Labute approximate surface area is 217 Å². The molecule has 0 amide bonds. The number of allylic oxidation sites excluding steroid dienone is 4. The van der Waals surface area contributed by atoms with E-state index >= 15 is 0 Å². The summed E-state index contributed by atoms with van der Waals surface area (Å²) in [5.41, 5.74) is 2.04. The van der Waals surface area contributed by atoms with Crippen LogP contribution in [-0.4, -0.2) is 13.2 Å². The first-order valence-corrected chi connectivity index (χ1v) is 15.2. The minimum Gasteiger partial charge on any atom is -0.381 e. The fourth-order valence-corrected chi connectivity index (χ4v) is 9.84. The molecule has 0 saturated heterocycles. The lowest BCUT2D eigenvalue weighted by molar-refractivity contribution is -0.0929. The molecule has 0 bridgehead atoms. The highest BCUT2D eigenvalue weighted by molar-refractivity contribution is 5.26. The molecule has 4 rings (SSSR count). The molecule has 0 radical (unpaired) electrons. The van der Waals surface area contributed by atoms with Crippen molar-refractivity contribution in [3.8, 4) is 12.3 Å². The Morgan fingerprint density at radius 1 is 1.03 bits per heavy atom. The molecule has 9 atom stereocenters. The Kier molecular flexibility index (Phi) is 8.95. The van der Waals surface area contributed by atoms with Crippen molar-refractivity contribution in [1.29, 1.82) is 0 Å². The van der Waals surface area contributed by atoms with Crippen LogP contribution < -0.4 is 0 Å². The molecule has 0 aliphatic heterocycles. The van der Waals surface area contributed by atoms with Crippen LogP contribution in [0.25, 0.3) is 0 Å². The Morgan fingerprint density at radius 2 is 1.83 bits per heavy atom. The Morgan fingerprint density at radius 3 is 2.57 bits per heavy atom. The van der Waals surface area contributed by atoms with E-state index in [1.165, 1.54) is 77.0 Å². The lowest BCUT2D eigenvalue weighted by Crippen LogP contribution is -2.50. The largest absolute Gasteiger partial charge is 0.381 e. The Hall–Kier alpha value is -1.00. The van der Waals surface area contributed by atoms with Gasteiger partial charge in [-0.25, -0.2) is 0 Å². The van der Waals surface area contributed by atoms with Crippen LogP contribution in [-0.2, 0) is 4.74 Å². The van der Waals surface area contributed by atoms with Crippen LogP contribution in [0.3, 0.4) is 0 Å². The standard InChI is InChI=1S/C34H54O/c1-7-25(4)13-11-10-12-14-26(8-2)31-17-18-32-30-16-15-27-23-33(5,24-35-9-3)21-19-28(27)29(30)20-22-34(31,32)6/h1,10-11,13,26-32H,8-9,12,14-24H2,2-6H3/b11-10-,25-13+/t26?,27?,28?,29?,30?,31?,32?,33-,34?/m0/s1. The summed E-state index contributed by atoms with van der Waals surface area (Å²) < 4.78 is 5.92. The van der Waals surface area contributed by atoms with Crippen molar-refractivity contribution in [3.63, 3.8) is 0 Å². The zero-order chi connectivity index (χ0) is 25.1. The van der Waals surface area contributed by atoms with E-state index in [1.807, 2.05) is 6.92 Å². The van der Waals surface area contributed by atoms with Crippen molar-refractivity contribution in [1.82, 2.24) is 0 Å². The summed E-state index contributed by atoms with van der Waals surface area (Å²) in [7, 11) is 0. The fourth-order valence-electron chi connectivity index (χ4n) is 9.84. The predicted molar refractivity (Wildman–Crippen MR) is 150 cm³/mol. The molecule has 0 N–H and O–H groups in total. The van der Waals surface area contributed by atoms with Gasteiger partial charge in [-0.15, -0.1) is 6.42 Å². The Balaban J connectivity index is 1.38. The lowest BCUT2D eigenvalue weighted by Gasteiger charge is -2.58. The number of hydrogen-bond donors (Lipinski definition) is 0. The van der Waals surface area contributed by atoms with Gasteiger partial charge in [0.2, 0.25) is 0 Å². The first-order chi connectivity index (χ1) is 16.8. The minimum atomic E-state index is 0.434. The van der Waals surface area contributed by atoms with E-state index in [0.29, 0.717) is 10.8 Å². The third kappa shape index (κ3) is 5.64. The maximum absolute atomic E-state index is 5.92. The van der Waals surface area contributed by atoms with Crippen molar-refractivity contribution in [2.45, 2.75) is 112 Å². The maximum atomic E-state index is 5.92. The highest BCUT2D eigenvalue weighted by atomic mass is 16.5. The van der Waals surface area contributed by atoms with Gasteiger partial charge in [0, 0.05) is 6.61 Å². The summed E-state index contributed by atoms with van der Waals surface area (Å²) in [5.74, 6) is 9.56. The van der Waals surface area contributed by atoms with Gasteiger partial charge in [0.05, 0.1) is 6.61 Å². The first-order valence-electron chi connectivity index (χ1n) is 15.2. The van der Waals surface area contributed by atoms with Gasteiger partial charge in [0.1, 0.15) is 0 Å². The van der Waals surface area contributed by atoms with Crippen LogP contribution in [0.2, 0.25) is 0 Å². The molecule has 4 fully saturated rings. The lowest BCUT2D eigenvalue weighted by atomic mass is 9.47. The number of ether oxygens (including phenoxy) is 1. The van der Waals surface area contributed by atoms with Crippen molar-refractivity contribution in [3.05, 3.63) is 23.8 Å². The van der Waals surface area contributed by atoms with Gasteiger partial charge in [0.15, 0.2) is 0 Å². The molecule has 4 aliphatic rings. The highest BCUT2D eigenvalue weighted by Gasteiger charge is 2.58. The van der Waals surface area contributed by atoms with Gasteiger partial charge in [0.25, 0.3) is 0 Å². The smallest absolute Gasteiger partial charge is 0.0519 e. The molecule has 0 aromatic rings. The van der Waals surface area contributed by atoms with Crippen LogP contribution >= 0.6 is 0 Å². The topological polar surface area (TPSA) is 9.23 Å². The molecule has 35 heavy (non-hydrogen) atoms. The summed E-state index contributed by atoms with van der Waals surface area (Å²) in [5, 5.41) is 0. The van der Waals surface area contributed by atoms with Gasteiger partial charge >= 0.3 is 0 Å². The molecular formula is C34H54O. The molecule has 196 valence electrons. The summed E-state index contributed by atoms with van der Waals surface area (Å²) in [6.07, 6.45) is 29.3. The van der Waals surface area contributed by atoms with E-state index in [4.69, 9.17) is 11.2 Å². The van der Waals surface area contributed by atoms with Gasteiger partial charge in [-0.3, -0.25) is 0 Å². The summed E-state index contributed by atoms with van der Waals surface area (Å²) in [4.78, 5) is 0. The number of terminal acetylenes is 1. The average Bonchev–Trinajstić information content (AvgIpc) is 3.21. The molecule has 0 aromatic heterocycles. The summed E-state index contributed by atoms with van der Waals surface area (Å²) in [6, 6.07) is 0. The number of fused-ring (bicyclic) bond motifs is 5. The zero-order valence-electron chi connectivity index (χ0n) is 23.7. The van der Waals surface area contributed by atoms with E-state index < -0.39 is 0 Å². The quantitative estimate of drug-likeness (QED) is 0.237. The fraction of sp³-hybridized carbons (Fsp3) is 0.824. The predicted octanol–water partition coefficient (Wildman–Crippen LogP) is 9.24. The molecule has 4 saturated carbocycles. The van der Waals surface area contributed by atoms with Crippen molar-refractivity contribution in [2.24, 2.45) is 52.3 Å². The second-order valence-corrected chi connectivity index (χ2v) is 13.5. The number of hydrogen-bond acceptors (Lipinski definition) is 1. The molecule has 4 aliphatic carbocycles. The average molecular weight is 479 g/mol. The molecule has 0 aromatic carbocycles. The zero-order valence-corrected chi connectivity index (χ0v) is 23.7. The van der Waals surface area contributed by atoms with Crippen molar-refractivity contribution < 1.29 is 4.74 Å². The van der Waals surface area contributed by atoms with E-state index in [2.05, 4.69) is 51.8 Å². The van der Waals surface area contributed by atoms with E-state index in [-0.39, 0.29) is 0 Å². The SMILES string of the molecule is C#C/C(C)=C/C=C\CCC(CC)C1CCC2C3CCC4C[C@@](C)(COCC)CCC4C3CCC12C. The molecular weight excluding hydrogens is 424 g/mol. The van der Waals surface area contributed by atoms with Gasteiger partial charge in [-0.1, -0.05) is 51.3 Å². The van der Waals surface area contributed by atoms with E-state index in [9.17, 15) is 0 Å². The van der Waals surface area contributed by atoms with Crippen LogP contribution in [0.5, 0.6) is 0 Å². The van der Waals surface area contributed by atoms with Gasteiger partial charge in [-0.2, -0.15) is 0 Å². The second-order valence-electron chi connectivity index (χ2n) is 13.5. The Bertz CT molecular complexity index is 800. The van der Waals surface area contributed by atoms with Gasteiger partial charge in [-0.05, 0) is 142 Å². The summed E-state index contributed by atoms with van der Waals surface area (Å²) >= 11 is 0.